The third-order valence-electron chi connectivity index (χ3n) is 3.05. The van der Waals surface area contributed by atoms with Gasteiger partial charge in [0.25, 0.3) is 0 Å². The van der Waals surface area contributed by atoms with Crippen LogP contribution in [0, 0.1) is 17.5 Å². The first-order valence-electron chi connectivity index (χ1n) is 6.12. The molecule has 0 aromatic heterocycles. The molecular weight excluding hydrogens is 257 g/mol. The highest BCUT2D eigenvalue weighted by atomic mass is 19.2. The molecule has 1 unspecified atom stereocenters. The van der Waals surface area contributed by atoms with Gasteiger partial charge in [-0.25, -0.2) is 13.2 Å². The van der Waals surface area contributed by atoms with E-state index < -0.39 is 23.5 Å². The Bertz CT molecular complexity index is 415. The summed E-state index contributed by atoms with van der Waals surface area (Å²) in [5, 5.41) is 0. The standard InChI is InChI=1S/C13H19F3N2O/c1-3-18(4-5-19-2)13(8-17)9-6-11(15)12(16)7-10(9)14/h6-7,13H,3-5,8,17H2,1-2H3. The number of ether oxygens (including phenoxy) is 1. The van der Waals surface area contributed by atoms with Gasteiger partial charge < -0.3 is 10.5 Å². The summed E-state index contributed by atoms with van der Waals surface area (Å²) in [7, 11) is 1.56. The quantitative estimate of drug-likeness (QED) is 0.775. The summed E-state index contributed by atoms with van der Waals surface area (Å²) in [6.07, 6.45) is 0. The van der Waals surface area contributed by atoms with Crippen molar-refractivity contribution in [1.82, 2.24) is 4.90 Å². The average molecular weight is 276 g/mol. The second-order valence-corrected chi connectivity index (χ2v) is 4.16. The molecule has 2 N–H and O–H groups in total. The van der Waals surface area contributed by atoms with Crippen molar-refractivity contribution in [2.24, 2.45) is 5.73 Å². The molecule has 19 heavy (non-hydrogen) atoms. The molecule has 0 bridgehead atoms. The van der Waals surface area contributed by atoms with E-state index in [0.717, 1.165) is 6.07 Å². The second kappa shape index (κ2) is 7.47. The third-order valence-corrected chi connectivity index (χ3v) is 3.05. The Kier molecular flexibility index (Phi) is 6.27. The van der Waals surface area contributed by atoms with Gasteiger partial charge in [0, 0.05) is 31.8 Å². The van der Waals surface area contributed by atoms with E-state index in [1.54, 1.807) is 7.11 Å². The number of likely N-dealkylation sites (N-methyl/N-ethyl adjacent to an activating group) is 1. The van der Waals surface area contributed by atoms with Crippen LogP contribution in [-0.4, -0.2) is 38.3 Å². The zero-order valence-electron chi connectivity index (χ0n) is 11.1. The topological polar surface area (TPSA) is 38.5 Å². The minimum Gasteiger partial charge on any atom is -0.383 e. The summed E-state index contributed by atoms with van der Waals surface area (Å²) in [4.78, 5) is 1.86. The lowest BCUT2D eigenvalue weighted by Crippen LogP contribution is -2.36. The van der Waals surface area contributed by atoms with E-state index in [0.29, 0.717) is 25.8 Å². The Morgan fingerprint density at radius 1 is 1.21 bits per heavy atom. The van der Waals surface area contributed by atoms with Gasteiger partial charge in [0.2, 0.25) is 0 Å². The van der Waals surface area contributed by atoms with Gasteiger partial charge in [0.15, 0.2) is 11.6 Å². The summed E-state index contributed by atoms with van der Waals surface area (Å²) >= 11 is 0. The van der Waals surface area contributed by atoms with Gasteiger partial charge in [-0.3, -0.25) is 4.90 Å². The van der Waals surface area contributed by atoms with E-state index in [-0.39, 0.29) is 12.1 Å². The molecule has 0 fully saturated rings. The highest BCUT2D eigenvalue weighted by Crippen LogP contribution is 2.24. The lowest BCUT2D eigenvalue weighted by Gasteiger charge is -2.30. The van der Waals surface area contributed by atoms with Crippen LogP contribution in [0.4, 0.5) is 13.2 Å². The van der Waals surface area contributed by atoms with Gasteiger partial charge in [-0.2, -0.15) is 0 Å². The Morgan fingerprint density at radius 3 is 2.37 bits per heavy atom. The van der Waals surface area contributed by atoms with Gasteiger partial charge in [-0.15, -0.1) is 0 Å². The highest BCUT2D eigenvalue weighted by molar-refractivity contribution is 5.24. The number of methoxy groups -OCH3 is 1. The molecule has 0 saturated heterocycles. The van der Waals surface area contributed by atoms with Gasteiger partial charge in [-0.1, -0.05) is 6.92 Å². The average Bonchev–Trinajstić information content (AvgIpc) is 2.39. The largest absolute Gasteiger partial charge is 0.383 e. The monoisotopic (exact) mass is 276 g/mol. The molecule has 0 aliphatic carbocycles. The number of hydrogen-bond acceptors (Lipinski definition) is 3. The van der Waals surface area contributed by atoms with Crippen LogP contribution >= 0.6 is 0 Å². The zero-order valence-corrected chi connectivity index (χ0v) is 11.1. The first kappa shape index (κ1) is 15.9. The Hall–Kier alpha value is -1.11. The van der Waals surface area contributed by atoms with Crippen molar-refractivity contribution in [2.75, 3.05) is 33.4 Å². The van der Waals surface area contributed by atoms with E-state index in [1.807, 2.05) is 11.8 Å². The third kappa shape index (κ3) is 3.92. The molecule has 0 heterocycles. The maximum absolute atomic E-state index is 13.8. The fraction of sp³-hybridized carbons (Fsp3) is 0.538. The summed E-state index contributed by atoms with van der Waals surface area (Å²) in [5.74, 6) is -3.06. The lowest BCUT2D eigenvalue weighted by molar-refractivity contribution is 0.124. The van der Waals surface area contributed by atoms with E-state index in [4.69, 9.17) is 10.5 Å². The van der Waals surface area contributed by atoms with Crippen LogP contribution in [0.1, 0.15) is 18.5 Å². The fourth-order valence-electron chi connectivity index (χ4n) is 2.01. The number of halogens is 3. The molecule has 0 amide bonds. The van der Waals surface area contributed by atoms with Gasteiger partial charge in [0.05, 0.1) is 12.6 Å². The maximum Gasteiger partial charge on any atom is 0.161 e. The van der Waals surface area contributed by atoms with Crippen LogP contribution in [-0.2, 0) is 4.74 Å². The lowest BCUT2D eigenvalue weighted by atomic mass is 10.0. The minimum atomic E-state index is -1.20. The Balaban J connectivity index is 3.04. The van der Waals surface area contributed by atoms with Crippen LogP contribution in [0.15, 0.2) is 12.1 Å². The van der Waals surface area contributed by atoms with Crippen LogP contribution in [0.25, 0.3) is 0 Å². The molecule has 108 valence electrons. The molecule has 0 aliphatic heterocycles. The predicted molar refractivity (Wildman–Crippen MR) is 67.2 cm³/mol. The molecule has 1 aromatic rings. The second-order valence-electron chi connectivity index (χ2n) is 4.16. The zero-order chi connectivity index (χ0) is 14.4. The Morgan fingerprint density at radius 2 is 1.84 bits per heavy atom. The molecular formula is C13H19F3N2O. The van der Waals surface area contributed by atoms with Crippen molar-refractivity contribution in [3.8, 4) is 0 Å². The van der Waals surface area contributed by atoms with Crippen molar-refractivity contribution < 1.29 is 17.9 Å². The Labute approximate surface area is 111 Å². The molecule has 6 heteroatoms. The van der Waals surface area contributed by atoms with Crippen molar-refractivity contribution in [3.63, 3.8) is 0 Å². The molecule has 1 aromatic carbocycles. The first-order chi connectivity index (χ1) is 9.04. The van der Waals surface area contributed by atoms with Crippen molar-refractivity contribution in [3.05, 3.63) is 35.1 Å². The van der Waals surface area contributed by atoms with Gasteiger partial charge in [0.1, 0.15) is 5.82 Å². The van der Waals surface area contributed by atoms with Crippen LogP contribution in [0.5, 0.6) is 0 Å². The van der Waals surface area contributed by atoms with E-state index in [1.165, 1.54) is 0 Å². The molecule has 0 aliphatic rings. The van der Waals surface area contributed by atoms with Crippen LogP contribution < -0.4 is 5.73 Å². The van der Waals surface area contributed by atoms with Crippen molar-refractivity contribution in [1.29, 1.82) is 0 Å². The summed E-state index contributed by atoms with van der Waals surface area (Å²) in [5.41, 5.74) is 5.71. The number of rotatable bonds is 7. The fourth-order valence-corrected chi connectivity index (χ4v) is 2.01. The van der Waals surface area contributed by atoms with Crippen molar-refractivity contribution >= 4 is 0 Å². The summed E-state index contributed by atoms with van der Waals surface area (Å²) < 4.78 is 44.9. The minimum absolute atomic E-state index is 0.0688. The molecule has 0 saturated carbocycles. The van der Waals surface area contributed by atoms with E-state index in [9.17, 15) is 13.2 Å². The van der Waals surface area contributed by atoms with E-state index in [2.05, 4.69) is 0 Å². The number of nitrogens with zero attached hydrogens (tertiary/aromatic N) is 1. The first-order valence-corrected chi connectivity index (χ1v) is 6.12. The molecule has 1 rings (SSSR count). The number of nitrogens with two attached hydrogens (primary N) is 1. The van der Waals surface area contributed by atoms with Crippen molar-refractivity contribution in [2.45, 2.75) is 13.0 Å². The molecule has 3 nitrogen and oxygen atoms in total. The maximum atomic E-state index is 13.8. The molecule has 0 radical (unpaired) electrons. The smallest absolute Gasteiger partial charge is 0.161 e. The van der Waals surface area contributed by atoms with Crippen LogP contribution in [0.2, 0.25) is 0 Å². The van der Waals surface area contributed by atoms with Gasteiger partial charge in [-0.05, 0) is 12.6 Å². The normalized spacial score (nSPS) is 13.0. The van der Waals surface area contributed by atoms with E-state index >= 15 is 0 Å². The molecule has 1 atom stereocenters. The number of hydrogen-bond donors (Lipinski definition) is 1. The SMILES string of the molecule is CCN(CCOC)C(CN)c1cc(F)c(F)cc1F. The number of benzene rings is 1. The van der Waals surface area contributed by atoms with Gasteiger partial charge >= 0.3 is 0 Å². The predicted octanol–water partition coefficient (Wildman–Crippen LogP) is 2.07. The summed E-state index contributed by atoms with van der Waals surface area (Å²) in [6.45, 7) is 3.59. The summed E-state index contributed by atoms with van der Waals surface area (Å²) in [6, 6.07) is 0.921. The van der Waals surface area contributed by atoms with Crippen LogP contribution in [0.3, 0.4) is 0 Å². The highest BCUT2D eigenvalue weighted by Gasteiger charge is 2.22. The molecule has 0 spiro atoms.